The van der Waals surface area contributed by atoms with Crippen molar-refractivity contribution in [3.05, 3.63) is 17.7 Å². The summed E-state index contributed by atoms with van der Waals surface area (Å²) in [6, 6.07) is 0.0266. The lowest BCUT2D eigenvalue weighted by Crippen LogP contribution is -2.42. The number of aromatic nitrogens is 3. The molecule has 154 valence electrons. The van der Waals surface area contributed by atoms with Crippen LogP contribution in [0.4, 0.5) is 10.3 Å². The van der Waals surface area contributed by atoms with Crippen molar-refractivity contribution < 1.29 is 17.5 Å². The van der Waals surface area contributed by atoms with Crippen molar-refractivity contribution in [1.82, 2.24) is 19.3 Å². The molecule has 0 spiro atoms. The Morgan fingerprint density at radius 2 is 2.00 bits per heavy atom. The number of sulfonamides is 1. The molecule has 2 aromatic heterocycles. The molecular formula is C17H24FN5O3S2. The first-order valence-electron chi connectivity index (χ1n) is 9.02. The van der Waals surface area contributed by atoms with E-state index >= 15 is 0 Å². The van der Waals surface area contributed by atoms with Crippen molar-refractivity contribution in [1.29, 1.82) is 0 Å². The molecule has 11 heteroatoms. The number of rotatable bonds is 6. The van der Waals surface area contributed by atoms with E-state index in [1.165, 1.54) is 21.9 Å². The van der Waals surface area contributed by atoms with E-state index in [1.54, 1.807) is 6.92 Å². The molecule has 3 rings (SSSR count). The van der Waals surface area contributed by atoms with E-state index in [0.717, 1.165) is 6.20 Å². The van der Waals surface area contributed by atoms with E-state index in [-0.39, 0.29) is 17.8 Å². The van der Waals surface area contributed by atoms with Gasteiger partial charge in [0.05, 0.1) is 29.1 Å². The number of thiazole rings is 1. The van der Waals surface area contributed by atoms with Crippen LogP contribution in [0, 0.1) is 12.7 Å². The molecule has 8 nitrogen and oxygen atoms in total. The van der Waals surface area contributed by atoms with Crippen LogP contribution in [0.3, 0.4) is 0 Å². The fourth-order valence-corrected chi connectivity index (χ4v) is 4.86. The molecule has 0 bridgehead atoms. The van der Waals surface area contributed by atoms with Gasteiger partial charge in [0.1, 0.15) is 5.69 Å². The number of hydrogen-bond donors (Lipinski definition) is 1. The average molecular weight is 430 g/mol. The highest BCUT2D eigenvalue weighted by molar-refractivity contribution is 7.88. The minimum absolute atomic E-state index is 0.0244. The Labute approximate surface area is 168 Å². The van der Waals surface area contributed by atoms with Gasteiger partial charge in [0.25, 0.3) is 5.19 Å². The van der Waals surface area contributed by atoms with E-state index in [2.05, 4.69) is 20.3 Å². The summed E-state index contributed by atoms with van der Waals surface area (Å²) in [5.41, 5.74) is 0.824. The minimum Gasteiger partial charge on any atom is -0.467 e. The fourth-order valence-electron chi connectivity index (χ4n) is 2.95. The molecular weight excluding hydrogens is 405 g/mol. The molecule has 0 atom stereocenters. The molecule has 3 heterocycles. The van der Waals surface area contributed by atoms with Gasteiger partial charge in [-0.25, -0.2) is 32.1 Å². The molecule has 0 saturated carbocycles. The highest BCUT2D eigenvalue weighted by Crippen LogP contribution is 2.35. The highest BCUT2D eigenvalue weighted by Gasteiger charge is 2.26. The van der Waals surface area contributed by atoms with Gasteiger partial charge in [-0.3, -0.25) is 0 Å². The zero-order valence-electron chi connectivity index (χ0n) is 16.3. The van der Waals surface area contributed by atoms with Crippen molar-refractivity contribution in [3.63, 3.8) is 0 Å². The molecule has 1 aliphatic heterocycles. The maximum atomic E-state index is 14.4. The van der Waals surface area contributed by atoms with Crippen LogP contribution >= 0.6 is 11.3 Å². The fraction of sp³-hybridized carbons (Fsp3) is 0.588. The summed E-state index contributed by atoms with van der Waals surface area (Å²) in [4.78, 5) is 13.3. The molecule has 1 saturated heterocycles. The number of ether oxygens (including phenoxy) is 1. The van der Waals surface area contributed by atoms with Crippen LogP contribution in [0.15, 0.2) is 6.20 Å². The van der Waals surface area contributed by atoms with Crippen LogP contribution in [0.5, 0.6) is 5.19 Å². The van der Waals surface area contributed by atoms with Crippen molar-refractivity contribution in [2.24, 2.45) is 0 Å². The number of anilines is 1. The smallest absolute Gasteiger partial charge is 0.274 e. The van der Waals surface area contributed by atoms with Gasteiger partial charge in [-0.1, -0.05) is 11.3 Å². The van der Waals surface area contributed by atoms with Crippen molar-refractivity contribution in [2.75, 3.05) is 24.7 Å². The van der Waals surface area contributed by atoms with E-state index in [9.17, 15) is 12.8 Å². The lowest BCUT2D eigenvalue weighted by atomic mass is 10.1. The van der Waals surface area contributed by atoms with Crippen LogP contribution in [0.25, 0.3) is 10.6 Å². The number of piperidine rings is 1. The average Bonchev–Trinajstić information content (AvgIpc) is 2.95. The third kappa shape index (κ3) is 4.95. The van der Waals surface area contributed by atoms with Gasteiger partial charge in [0.15, 0.2) is 5.82 Å². The van der Waals surface area contributed by atoms with E-state index in [4.69, 9.17) is 4.74 Å². The van der Waals surface area contributed by atoms with Gasteiger partial charge < -0.3 is 10.1 Å². The summed E-state index contributed by atoms with van der Waals surface area (Å²) in [5.74, 6) is -0.214. The van der Waals surface area contributed by atoms with Crippen LogP contribution in [0.2, 0.25) is 0 Å². The molecule has 2 aromatic rings. The Hall–Kier alpha value is -1.85. The van der Waals surface area contributed by atoms with E-state index in [0.29, 0.717) is 47.6 Å². The summed E-state index contributed by atoms with van der Waals surface area (Å²) in [7, 11) is -3.17. The normalized spacial score (nSPS) is 16.5. The molecule has 28 heavy (non-hydrogen) atoms. The Bertz CT molecular complexity index is 940. The predicted octanol–water partition coefficient (Wildman–Crippen LogP) is 2.67. The number of aryl methyl sites for hydroxylation is 1. The second-order valence-corrected chi connectivity index (χ2v) is 9.98. The van der Waals surface area contributed by atoms with Gasteiger partial charge in [-0.15, -0.1) is 0 Å². The topological polar surface area (TPSA) is 97.3 Å². The van der Waals surface area contributed by atoms with E-state index in [1.807, 2.05) is 13.8 Å². The minimum atomic E-state index is -3.17. The first-order valence-corrected chi connectivity index (χ1v) is 11.7. The largest absolute Gasteiger partial charge is 0.467 e. The van der Waals surface area contributed by atoms with Gasteiger partial charge >= 0.3 is 0 Å². The third-order valence-electron chi connectivity index (χ3n) is 4.33. The van der Waals surface area contributed by atoms with Crippen molar-refractivity contribution >= 4 is 27.3 Å². The van der Waals surface area contributed by atoms with Gasteiger partial charge in [-0.05, 0) is 33.6 Å². The number of nitrogens with one attached hydrogen (secondary N) is 1. The Balaban J connectivity index is 1.75. The van der Waals surface area contributed by atoms with Crippen molar-refractivity contribution in [2.45, 2.75) is 45.8 Å². The van der Waals surface area contributed by atoms with Gasteiger partial charge in [0.2, 0.25) is 16.0 Å². The number of halogens is 1. The lowest BCUT2D eigenvalue weighted by molar-refractivity contribution is 0.241. The molecule has 0 radical (unpaired) electrons. The summed E-state index contributed by atoms with van der Waals surface area (Å²) in [5, 5.41) is 3.67. The third-order valence-corrected chi connectivity index (χ3v) is 6.69. The predicted molar refractivity (Wildman–Crippen MR) is 107 cm³/mol. The Morgan fingerprint density at radius 3 is 2.61 bits per heavy atom. The molecule has 0 unspecified atom stereocenters. The summed E-state index contributed by atoms with van der Waals surface area (Å²) in [6.45, 7) is 6.47. The van der Waals surface area contributed by atoms with Crippen LogP contribution in [-0.2, 0) is 10.0 Å². The second kappa shape index (κ2) is 8.26. The molecule has 1 fully saturated rings. The summed E-state index contributed by atoms with van der Waals surface area (Å²) < 4.78 is 44.7. The van der Waals surface area contributed by atoms with Gasteiger partial charge in [-0.2, -0.15) is 0 Å². The van der Waals surface area contributed by atoms with Crippen LogP contribution in [-0.4, -0.2) is 59.2 Å². The standard InChI is InChI=1S/C17H24FN5O3S2/c1-10(2)26-17-20-11(3)15(27-17)14-13(18)9-19-16(22-14)21-12-5-7-23(8-6-12)28(4,24)25/h9-10,12H,5-8H2,1-4H3,(H,19,21,22). The Morgan fingerprint density at radius 1 is 1.32 bits per heavy atom. The van der Waals surface area contributed by atoms with Crippen molar-refractivity contribution in [3.8, 4) is 15.8 Å². The summed E-state index contributed by atoms with van der Waals surface area (Å²) in [6.07, 6.45) is 3.59. The monoisotopic (exact) mass is 429 g/mol. The molecule has 0 aromatic carbocycles. The number of hydrogen-bond acceptors (Lipinski definition) is 8. The first kappa shape index (κ1) is 20.9. The highest BCUT2D eigenvalue weighted by atomic mass is 32.2. The first-order chi connectivity index (χ1) is 13.1. The molecule has 1 aliphatic rings. The zero-order valence-corrected chi connectivity index (χ0v) is 17.9. The quantitative estimate of drug-likeness (QED) is 0.754. The Kier molecular flexibility index (Phi) is 6.15. The van der Waals surface area contributed by atoms with Crippen LogP contribution in [0.1, 0.15) is 32.4 Å². The van der Waals surface area contributed by atoms with E-state index < -0.39 is 15.8 Å². The molecule has 0 amide bonds. The zero-order chi connectivity index (χ0) is 20.5. The molecule has 1 N–H and O–H groups in total. The lowest BCUT2D eigenvalue weighted by Gasteiger charge is -2.30. The maximum absolute atomic E-state index is 14.4. The SMILES string of the molecule is Cc1nc(OC(C)C)sc1-c1nc(NC2CCN(S(C)(=O)=O)CC2)ncc1F. The second-order valence-electron chi connectivity index (χ2n) is 7.03. The van der Waals surface area contributed by atoms with Crippen LogP contribution < -0.4 is 10.1 Å². The van der Waals surface area contributed by atoms with Gasteiger partial charge in [0, 0.05) is 19.1 Å². The maximum Gasteiger partial charge on any atom is 0.274 e. The number of nitrogens with zero attached hydrogens (tertiary/aromatic N) is 4. The summed E-state index contributed by atoms with van der Waals surface area (Å²) >= 11 is 1.25. The molecule has 0 aliphatic carbocycles.